The lowest BCUT2D eigenvalue weighted by Crippen LogP contribution is -2.24. The van der Waals surface area contributed by atoms with E-state index in [-0.39, 0.29) is 30.5 Å². The summed E-state index contributed by atoms with van der Waals surface area (Å²) in [6.45, 7) is 6.11. The van der Waals surface area contributed by atoms with Crippen molar-refractivity contribution in [3.8, 4) is 0 Å². The molecule has 3 aromatic rings. The number of aryl methyl sites for hydroxylation is 1. The van der Waals surface area contributed by atoms with Gasteiger partial charge in [-0.05, 0) is 34.6 Å². The van der Waals surface area contributed by atoms with Crippen molar-refractivity contribution < 1.29 is 14.3 Å². The number of aromatic nitrogens is 2. The van der Waals surface area contributed by atoms with Gasteiger partial charge >= 0.3 is 5.97 Å². The molecule has 1 aromatic carbocycles. The molecule has 0 radical (unpaired) electrons. The van der Waals surface area contributed by atoms with Crippen LogP contribution in [0.2, 0.25) is 0 Å². The third kappa shape index (κ3) is 5.29. The van der Waals surface area contributed by atoms with Crippen LogP contribution in [-0.2, 0) is 26.3 Å². The highest BCUT2D eigenvalue weighted by molar-refractivity contribution is 7.16. The van der Waals surface area contributed by atoms with Gasteiger partial charge in [0.2, 0.25) is 0 Å². The molecule has 1 N–H and O–H groups in total. The van der Waals surface area contributed by atoms with E-state index in [1.54, 1.807) is 11.4 Å². The highest BCUT2D eigenvalue weighted by Gasteiger charge is 2.14. The summed E-state index contributed by atoms with van der Waals surface area (Å²) in [7, 11) is 0. The molecule has 0 spiro atoms. The number of carbonyl (C=O) groups is 2. The first-order valence-corrected chi connectivity index (χ1v) is 10.1. The number of hydrogen-bond acceptors (Lipinski definition) is 6. The molecule has 0 saturated heterocycles. The van der Waals surface area contributed by atoms with E-state index in [4.69, 9.17) is 4.74 Å². The standard InChI is InChI=1S/C21H23N3O4S/c1-21(2,3)14-4-6-15(7-5-14)23-17(25)12-28-18(26)8-10-24-13-22-19-16(20(24)27)9-11-29-19/h4-7,9,11,13H,8,10,12H2,1-3H3,(H,23,25). The van der Waals surface area contributed by atoms with Crippen molar-refractivity contribution in [3.63, 3.8) is 0 Å². The van der Waals surface area contributed by atoms with Crippen LogP contribution in [0, 0.1) is 0 Å². The zero-order chi connectivity index (χ0) is 21.0. The van der Waals surface area contributed by atoms with E-state index in [0.717, 1.165) is 5.56 Å². The summed E-state index contributed by atoms with van der Waals surface area (Å²) < 4.78 is 6.37. The van der Waals surface area contributed by atoms with Crippen LogP contribution in [0.4, 0.5) is 5.69 Å². The summed E-state index contributed by atoms with van der Waals surface area (Å²) in [6, 6.07) is 9.26. The number of nitrogens with zero attached hydrogens (tertiary/aromatic N) is 2. The molecule has 29 heavy (non-hydrogen) atoms. The predicted molar refractivity (Wildman–Crippen MR) is 113 cm³/mol. The lowest BCUT2D eigenvalue weighted by Gasteiger charge is -2.19. The van der Waals surface area contributed by atoms with Crippen molar-refractivity contribution in [3.05, 3.63) is 58.0 Å². The van der Waals surface area contributed by atoms with Gasteiger partial charge in [-0.2, -0.15) is 0 Å². The molecule has 7 nitrogen and oxygen atoms in total. The Hall–Kier alpha value is -3.00. The fourth-order valence-corrected chi connectivity index (χ4v) is 3.46. The average Bonchev–Trinajstić information content (AvgIpc) is 3.15. The first-order chi connectivity index (χ1) is 13.7. The summed E-state index contributed by atoms with van der Waals surface area (Å²) in [6.07, 6.45) is 1.40. The van der Waals surface area contributed by atoms with Crippen molar-refractivity contribution in [2.75, 3.05) is 11.9 Å². The highest BCUT2D eigenvalue weighted by atomic mass is 32.1. The van der Waals surface area contributed by atoms with Crippen LogP contribution >= 0.6 is 11.3 Å². The molecular formula is C21H23N3O4S. The van der Waals surface area contributed by atoms with Crippen molar-refractivity contribution in [1.29, 1.82) is 0 Å². The summed E-state index contributed by atoms with van der Waals surface area (Å²) in [5, 5.41) is 5.02. The predicted octanol–water partition coefficient (Wildman–Crippen LogP) is 3.33. The second-order valence-corrected chi connectivity index (χ2v) is 8.56. The van der Waals surface area contributed by atoms with E-state index in [1.165, 1.54) is 22.2 Å². The molecule has 1 amide bonds. The van der Waals surface area contributed by atoms with E-state index in [1.807, 2.05) is 24.3 Å². The van der Waals surface area contributed by atoms with E-state index in [0.29, 0.717) is 15.9 Å². The van der Waals surface area contributed by atoms with Crippen molar-refractivity contribution in [2.24, 2.45) is 0 Å². The maximum atomic E-state index is 12.3. The van der Waals surface area contributed by atoms with Gasteiger partial charge in [0.15, 0.2) is 6.61 Å². The van der Waals surface area contributed by atoms with Crippen molar-refractivity contribution >= 4 is 39.1 Å². The largest absolute Gasteiger partial charge is 0.456 e. The summed E-state index contributed by atoms with van der Waals surface area (Å²) in [5.41, 5.74) is 1.64. The third-order valence-electron chi connectivity index (χ3n) is 4.41. The van der Waals surface area contributed by atoms with Gasteiger partial charge in [-0.15, -0.1) is 11.3 Å². The Morgan fingerprint density at radius 2 is 1.90 bits per heavy atom. The van der Waals surface area contributed by atoms with E-state index in [9.17, 15) is 14.4 Å². The fourth-order valence-electron chi connectivity index (χ4n) is 2.73. The minimum absolute atomic E-state index is 0.0230. The molecule has 0 fully saturated rings. The molecule has 0 aliphatic carbocycles. The third-order valence-corrected chi connectivity index (χ3v) is 5.23. The molecule has 0 saturated carbocycles. The number of fused-ring (bicyclic) bond motifs is 1. The number of esters is 1. The lowest BCUT2D eigenvalue weighted by molar-refractivity contribution is -0.147. The Kier molecular flexibility index (Phi) is 6.12. The molecule has 0 unspecified atom stereocenters. The lowest BCUT2D eigenvalue weighted by atomic mass is 9.87. The van der Waals surface area contributed by atoms with E-state index >= 15 is 0 Å². The molecular weight excluding hydrogens is 390 g/mol. The Morgan fingerprint density at radius 3 is 2.59 bits per heavy atom. The van der Waals surface area contributed by atoms with Crippen molar-refractivity contribution in [1.82, 2.24) is 9.55 Å². The zero-order valence-corrected chi connectivity index (χ0v) is 17.4. The SMILES string of the molecule is CC(C)(C)c1ccc(NC(=O)COC(=O)CCn2cnc3sccc3c2=O)cc1. The molecule has 3 rings (SSSR count). The Labute approximate surface area is 172 Å². The minimum Gasteiger partial charge on any atom is -0.456 e. The molecule has 0 aliphatic rings. The Morgan fingerprint density at radius 1 is 1.17 bits per heavy atom. The number of anilines is 1. The van der Waals surface area contributed by atoms with Crippen LogP contribution in [0.25, 0.3) is 10.2 Å². The van der Waals surface area contributed by atoms with Crippen LogP contribution in [-0.4, -0.2) is 28.0 Å². The average molecular weight is 413 g/mol. The molecule has 0 bridgehead atoms. The van der Waals surface area contributed by atoms with Crippen LogP contribution in [0.15, 0.2) is 46.8 Å². The number of amides is 1. The number of nitrogens with one attached hydrogen (secondary N) is 1. The monoisotopic (exact) mass is 413 g/mol. The van der Waals surface area contributed by atoms with E-state index < -0.39 is 11.9 Å². The zero-order valence-electron chi connectivity index (χ0n) is 16.6. The number of ether oxygens (including phenoxy) is 1. The van der Waals surface area contributed by atoms with Gasteiger partial charge in [0, 0.05) is 12.2 Å². The second-order valence-electron chi connectivity index (χ2n) is 7.67. The maximum Gasteiger partial charge on any atom is 0.308 e. The van der Waals surface area contributed by atoms with Gasteiger partial charge in [0.1, 0.15) is 4.83 Å². The molecule has 0 atom stereocenters. The number of carbonyl (C=O) groups excluding carboxylic acids is 2. The maximum absolute atomic E-state index is 12.3. The number of rotatable bonds is 6. The first kappa shape index (κ1) is 20.7. The van der Waals surface area contributed by atoms with Crippen LogP contribution in [0.1, 0.15) is 32.8 Å². The van der Waals surface area contributed by atoms with Crippen LogP contribution in [0.3, 0.4) is 0 Å². The molecule has 2 aromatic heterocycles. The molecule has 2 heterocycles. The Balaban J connectivity index is 1.46. The summed E-state index contributed by atoms with van der Waals surface area (Å²) in [5.74, 6) is -0.971. The van der Waals surface area contributed by atoms with Gasteiger partial charge in [0.25, 0.3) is 11.5 Å². The van der Waals surface area contributed by atoms with Crippen LogP contribution in [0.5, 0.6) is 0 Å². The van der Waals surface area contributed by atoms with Crippen molar-refractivity contribution in [2.45, 2.75) is 39.2 Å². The van der Waals surface area contributed by atoms with Gasteiger partial charge in [-0.3, -0.25) is 19.0 Å². The summed E-state index contributed by atoms with van der Waals surface area (Å²) in [4.78, 5) is 41.0. The Bertz CT molecular complexity index is 1080. The van der Waals surface area contributed by atoms with E-state index in [2.05, 4.69) is 31.1 Å². The highest BCUT2D eigenvalue weighted by Crippen LogP contribution is 2.23. The van der Waals surface area contributed by atoms with Gasteiger partial charge in [-0.25, -0.2) is 4.98 Å². The molecule has 0 aliphatic heterocycles. The van der Waals surface area contributed by atoms with Gasteiger partial charge in [-0.1, -0.05) is 32.9 Å². The first-order valence-electron chi connectivity index (χ1n) is 9.23. The number of benzene rings is 1. The fraction of sp³-hybridized carbons (Fsp3) is 0.333. The molecule has 152 valence electrons. The normalized spacial score (nSPS) is 11.4. The smallest absolute Gasteiger partial charge is 0.308 e. The topological polar surface area (TPSA) is 90.3 Å². The molecule has 8 heteroatoms. The quantitative estimate of drug-likeness (QED) is 0.626. The van der Waals surface area contributed by atoms with Gasteiger partial charge < -0.3 is 10.1 Å². The number of thiophene rings is 1. The van der Waals surface area contributed by atoms with Crippen LogP contribution < -0.4 is 10.9 Å². The number of hydrogen-bond donors (Lipinski definition) is 1. The second kappa shape index (κ2) is 8.57. The van der Waals surface area contributed by atoms with Gasteiger partial charge in [0.05, 0.1) is 18.1 Å². The summed E-state index contributed by atoms with van der Waals surface area (Å²) >= 11 is 1.39. The minimum atomic E-state index is -0.555.